The lowest BCUT2D eigenvalue weighted by atomic mass is 10.1. The molecule has 6 heteroatoms. The van der Waals surface area contributed by atoms with Gasteiger partial charge in [-0.1, -0.05) is 6.07 Å². The molecule has 2 N–H and O–H groups in total. The van der Waals surface area contributed by atoms with Gasteiger partial charge in [-0.3, -0.25) is 9.59 Å². The maximum Gasteiger partial charge on any atom is 0.251 e. The highest BCUT2D eigenvalue weighted by atomic mass is 16.5. The van der Waals surface area contributed by atoms with E-state index < -0.39 is 0 Å². The van der Waals surface area contributed by atoms with Crippen LogP contribution in [0.4, 0.5) is 5.69 Å². The number of hydrogen-bond donors (Lipinski definition) is 2. The van der Waals surface area contributed by atoms with Crippen molar-refractivity contribution in [2.24, 2.45) is 0 Å². The second-order valence-electron chi connectivity index (χ2n) is 5.57. The zero-order chi connectivity index (χ0) is 15.9. The van der Waals surface area contributed by atoms with Gasteiger partial charge in [0.05, 0.1) is 12.6 Å². The van der Waals surface area contributed by atoms with Crippen molar-refractivity contribution in [2.45, 2.75) is 18.9 Å². The Bertz CT molecular complexity index is 525. The Balaban J connectivity index is 1.86. The molecule has 2 rings (SSSR count). The molecule has 1 saturated heterocycles. The van der Waals surface area contributed by atoms with Gasteiger partial charge in [-0.05, 0) is 31.0 Å². The summed E-state index contributed by atoms with van der Waals surface area (Å²) < 4.78 is 5.48. The van der Waals surface area contributed by atoms with Gasteiger partial charge >= 0.3 is 0 Å². The van der Waals surface area contributed by atoms with Crippen LogP contribution >= 0.6 is 0 Å². The third-order valence-corrected chi connectivity index (χ3v) is 3.58. The van der Waals surface area contributed by atoms with Crippen LogP contribution in [0.3, 0.4) is 0 Å². The fourth-order valence-corrected chi connectivity index (χ4v) is 2.22. The predicted octanol–water partition coefficient (Wildman–Crippen LogP) is 1.10. The van der Waals surface area contributed by atoms with E-state index in [1.807, 2.05) is 6.07 Å². The molecular weight excluding hydrogens is 282 g/mol. The van der Waals surface area contributed by atoms with Gasteiger partial charge in [0, 0.05) is 38.5 Å². The van der Waals surface area contributed by atoms with Crippen LogP contribution in [0.1, 0.15) is 23.2 Å². The van der Waals surface area contributed by atoms with Crippen molar-refractivity contribution in [1.82, 2.24) is 10.2 Å². The van der Waals surface area contributed by atoms with Gasteiger partial charge in [0.1, 0.15) is 0 Å². The zero-order valence-electron chi connectivity index (χ0n) is 13.1. The van der Waals surface area contributed by atoms with Crippen LogP contribution in [0, 0.1) is 0 Å². The standard InChI is InChI=1S/C16H23N3O3/c1-19(2)15(20)11-17-13-6-3-5-12(9-13)16(21)18-10-14-7-4-8-22-14/h3,5-6,9,14,17H,4,7-8,10-11H2,1-2H3,(H,18,21). The topological polar surface area (TPSA) is 70.7 Å². The number of hydrogen-bond acceptors (Lipinski definition) is 4. The van der Waals surface area contributed by atoms with Crippen LogP contribution in [0.2, 0.25) is 0 Å². The SMILES string of the molecule is CN(C)C(=O)CNc1cccc(C(=O)NCC2CCCO2)c1. The summed E-state index contributed by atoms with van der Waals surface area (Å²) in [5, 5.41) is 5.91. The summed E-state index contributed by atoms with van der Waals surface area (Å²) in [6.45, 7) is 1.52. The molecule has 6 nitrogen and oxygen atoms in total. The number of anilines is 1. The van der Waals surface area contributed by atoms with E-state index in [2.05, 4.69) is 10.6 Å². The van der Waals surface area contributed by atoms with E-state index in [9.17, 15) is 9.59 Å². The molecule has 1 unspecified atom stereocenters. The fraction of sp³-hybridized carbons (Fsp3) is 0.500. The van der Waals surface area contributed by atoms with Gasteiger partial charge < -0.3 is 20.3 Å². The van der Waals surface area contributed by atoms with Crippen molar-refractivity contribution >= 4 is 17.5 Å². The van der Waals surface area contributed by atoms with Gasteiger partial charge in [-0.25, -0.2) is 0 Å². The third kappa shape index (κ3) is 4.73. The number of rotatable bonds is 6. The highest BCUT2D eigenvalue weighted by molar-refractivity contribution is 5.95. The Hall–Kier alpha value is -2.08. The van der Waals surface area contributed by atoms with E-state index in [0.29, 0.717) is 12.1 Å². The molecule has 1 aromatic rings. The van der Waals surface area contributed by atoms with Crippen LogP contribution < -0.4 is 10.6 Å². The van der Waals surface area contributed by atoms with Crippen molar-refractivity contribution < 1.29 is 14.3 Å². The molecule has 0 saturated carbocycles. The molecule has 1 fully saturated rings. The smallest absolute Gasteiger partial charge is 0.251 e. The zero-order valence-corrected chi connectivity index (χ0v) is 13.1. The molecule has 1 heterocycles. The minimum atomic E-state index is -0.127. The first-order chi connectivity index (χ1) is 10.6. The lowest BCUT2D eigenvalue weighted by Crippen LogP contribution is -2.31. The van der Waals surface area contributed by atoms with Crippen LogP contribution in [0.15, 0.2) is 24.3 Å². The Labute approximate surface area is 130 Å². The number of nitrogens with zero attached hydrogens (tertiary/aromatic N) is 1. The molecule has 120 valence electrons. The maximum absolute atomic E-state index is 12.1. The van der Waals surface area contributed by atoms with Crippen molar-refractivity contribution in [2.75, 3.05) is 39.1 Å². The minimum absolute atomic E-state index is 0.0202. The lowest BCUT2D eigenvalue weighted by molar-refractivity contribution is -0.126. The van der Waals surface area contributed by atoms with Crippen molar-refractivity contribution in [3.63, 3.8) is 0 Å². The quantitative estimate of drug-likeness (QED) is 0.825. The second-order valence-corrected chi connectivity index (χ2v) is 5.57. The lowest BCUT2D eigenvalue weighted by Gasteiger charge is -2.13. The Morgan fingerprint density at radius 1 is 1.36 bits per heavy atom. The van der Waals surface area contributed by atoms with Gasteiger partial charge in [0.15, 0.2) is 0 Å². The van der Waals surface area contributed by atoms with Crippen LogP contribution in [0.5, 0.6) is 0 Å². The number of benzene rings is 1. The number of nitrogens with one attached hydrogen (secondary N) is 2. The molecule has 1 atom stereocenters. The Morgan fingerprint density at radius 3 is 2.86 bits per heavy atom. The van der Waals surface area contributed by atoms with E-state index in [-0.39, 0.29) is 24.5 Å². The molecule has 22 heavy (non-hydrogen) atoms. The van der Waals surface area contributed by atoms with E-state index in [1.54, 1.807) is 32.3 Å². The summed E-state index contributed by atoms with van der Waals surface area (Å²) >= 11 is 0. The number of carbonyl (C=O) groups excluding carboxylic acids is 2. The second kappa shape index (κ2) is 7.79. The van der Waals surface area contributed by atoms with E-state index in [4.69, 9.17) is 4.74 Å². The molecule has 0 aliphatic carbocycles. The summed E-state index contributed by atoms with van der Waals surface area (Å²) in [7, 11) is 3.41. The maximum atomic E-state index is 12.1. The Morgan fingerprint density at radius 2 is 2.18 bits per heavy atom. The predicted molar refractivity (Wildman–Crippen MR) is 84.9 cm³/mol. The summed E-state index contributed by atoms with van der Waals surface area (Å²) in [6, 6.07) is 7.13. The molecule has 0 spiro atoms. The molecule has 2 amide bonds. The first kappa shape index (κ1) is 16.3. The first-order valence-electron chi connectivity index (χ1n) is 7.50. The largest absolute Gasteiger partial charge is 0.376 e. The normalized spacial score (nSPS) is 17.1. The van der Waals surface area contributed by atoms with E-state index in [0.717, 1.165) is 25.1 Å². The number of ether oxygens (including phenoxy) is 1. The van der Waals surface area contributed by atoms with Crippen molar-refractivity contribution in [1.29, 1.82) is 0 Å². The van der Waals surface area contributed by atoms with E-state index in [1.165, 1.54) is 4.90 Å². The molecule has 1 aliphatic rings. The molecule has 0 bridgehead atoms. The molecular formula is C16H23N3O3. The summed E-state index contributed by atoms with van der Waals surface area (Å²) in [6.07, 6.45) is 2.18. The molecule has 0 radical (unpaired) electrons. The van der Waals surface area contributed by atoms with Crippen molar-refractivity contribution in [3.05, 3.63) is 29.8 Å². The van der Waals surface area contributed by atoms with Gasteiger partial charge in [0.2, 0.25) is 5.91 Å². The molecule has 1 aromatic carbocycles. The number of likely N-dealkylation sites (N-methyl/N-ethyl adjacent to an activating group) is 1. The fourth-order valence-electron chi connectivity index (χ4n) is 2.22. The number of amides is 2. The minimum Gasteiger partial charge on any atom is -0.376 e. The average Bonchev–Trinajstić information content (AvgIpc) is 3.03. The average molecular weight is 305 g/mol. The summed E-state index contributed by atoms with van der Waals surface area (Å²) in [5.41, 5.74) is 1.32. The molecule has 0 aromatic heterocycles. The summed E-state index contributed by atoms with van der Waals surface area (Å²) in [5.74, 6) is -0.147. The number of carbonyl (C=O) groups is 2. The van der Waals surface area contributed by atoms with Gasteiger partial charge in [-0.15, -0.1) is 0 Å². The van der Waals surface area contributed by atoms with Crippen LogP contribution in [-0.2, 0) is 9.53 Å². The monoisotopic (exact) mass is 305 g/mol. The highest BCUT2D eigenvalue weighted by Gasteiger charge is 2.16. The van der Waals surface area contributed by atoms with Gasteiger partial charge in [-0.2, -0.15) is 0 Å². The Kier molecular flexibility index (Phi) is 5.77. The third-order valence-electron chi connectivity index (χ3n) is 3.58. The van der Waals surface area contributed by atoms with E-state index >= 15 is 0 Å². The van der Waals surface area contributed by atoms with Crippen LogP contribution in [0.25, 0.3) is 0 Å². The van der Waals surface area contributed by atoms with Crippen LogP contribution in [-0.4, -0.2) is 56.6 Å². The van der Waals surface area contributed by atoms with Crippen molar-refractivity contribution in [3.8, 4) is 0 Å². The highest BCUT2D eigenvalue weighted by Crippen LogP contribution is 2.12. The first-order valence-corrected chi connectivity index (χ1v) is 7.50. The molecule has 1 aliphatic heterocycles. The van der Waals surface area contributed by atoms with Gasteiger partial charge in [0.25, 0.3) is 5.91 Å². The summed E-state index contributed by atoms with van der Waals surface area (Å²) in [4.78, 5) is 25.2.